The van der Waals surface area contributed by atoms with Crippen molar-refractivity contribution in [2.45, 2.75) is 18.5 Å². The largest absolute Gasteiger partial charge is 0.301 e. The minimum absolute atomic E-state index is 0.111. The van der Waals surface area contributed by atoms with Crippen molar-refractivity contribution in [1.29, 1.82) is 0 Å². The highest BCUT2D eigenvalue weighted by atomic mass is 16.2. The second kappa shape index (κ2) is 3.96. The molecule has 4 heteroatoms. The third-order valence-corrected chi connectivity index (χ3v) is 4.46. The van der Waals surface area contributed by atoms with Gasteiger partial charge in [0.15, 0.2) is 0 Å². The van der Waals surface area contributed by atoms with E-state index in [0.29, 0.717) is 6.04 Å². The SMILES string of the molecule is CN(C)[C@@H]1C[C@@H]2c3ccccc3C(=O)N2n2cccc21. The lowest BCUT2D eigenvalue weighted by atomic mass is 9.95. The molecule has 0 radical (unpaired) electrons. The minimum Gasteiger partial charge on any atom is -0.301 e. The van der Waals surface area contributed by atoms with E-state index in [-0.39, 0.29) is 11.9 Å². The van der Waals surface area contributed by atoms with Crippen molar-refractivity contribution in [1.82, 2.24) is 9.58 Å². The first-order valence-corrected chi connectivity index (χ1v) is 6.95. The molecule has 1 amide bonds. The molecule has 0 unspecified atom stereocenters. The van der Waals surface area contributed by atoms with Gasteiger partial charge in [-0.1, -0.05) is 18.2 Å². The number of carbonyl (C=O) groups excluding carboxylic acids is 1. The van der Waals surface area contributed by atoms with E-state index in [0.717, 1.165) is 17.5 Å². The third kappa shape index (κ3) is 1.37. The van der Waals surface area contributed by atoms with Gasteiger partial charge in [0.1, 0.15) is 0 Å². The lowest BCUT2D eigenvalue weighted by molar-refractivity contribution is 0.0937. The van der Waals surface area contributed by atoms with Gasteiger partial charge < -0.3 is 4.90 Å². The number of rotatable bonds is 1. The number of hydrogen-bond acceptors (Lipinski definition) is 2. The highest BCUT2D eigenvalue weighted by Gasteiger charge is 2.43. The van der Waals surface area contributed by atoms with Crippen molar-refractivity contribution in [3.05, 3.63) is 59.4 Å². The highest BCUT2D eigenvalue weighted by Crippen LogP contribution is 2.43. The van der Waals surface area contributed by atoms with Gasteiger partial charge in [0.05, 0.1) is 17.8 Å². The lowest BCUT2D eigenvalue weighted by Gasteiger charge is -2.39. The van der Waals surface area contributed by atoms with E-state index >= 15 is 0 Å². The Morgan fingerprint density at radius 3 is 2.75 bits per heavy atom. The molecule has 0 saturated heterocycles. The molecule has 20 heavy (non-hydrogen) atoms. The Morgan fingerprint density at radius 2 is 1.95 bits per heavy atom. The highest BCUT2D eigenvalue weighted by molar-refractivity contribution is 6.06. The Bertz CT molecular complexity index is 689. The van der Waals surface area contributed by atoms with Crippen molar-refractivity contribution in [3.8, 4) is 0 Å². The molecule has 0 aliphatic carbocycles. The summed E-state index contributed by atoms with van der Waals surface area (Å²) in [7, 11) is 4.20. The van der Waals surface area contributed by atoms with Crippen LogP contribution in [-0.2, 0) is 0 Å². The molecule has 3 heterocycles. The molecule has 2 aromatic rings. The fourth-order valence-corrected chi connectivity index (χ4v) is 3.51. The molecular formula is C16H17N3O. The summed E-state index contributed by atoms with van der Waals surface area (Å²) < 4.78 is 2.03. The fraction of sp³-hybridized carbons (Fsp3) is 0.312. The van der Waals surface area contributed by atoms with Crippen LogP contribution in [0.25, 0.3) is 0 Å². The van der Waals surface area contributed by atoms with Crippen molar-refractivity contribution in [2.75, 3.05) is 19.1 Å². The number of benzene rings is 1. The summed E-state index contributed by atoms with van der Waals surface area (Å²) in [5.74, 6) is 0.111. The molecule has 1 aromatic heterocycles. The fourth-order valence-electron chi connectivity index (χ4n) is 3.51. The van der Waals surface area contributed by atoms with Crippen LogP contribution in [0.4, 0.5) is 0 Å². The number of hydrogen-bond donors (Lipinski definition) is 0. The molecule has 0 N–H and O–H groups in total. The van der Waals surface area contributed by atoms with Gasteiger partial charge in [-0.15, -0.1) is 0 Å². The number of fused-ring (bicyclic) bond motifs is 5. The smallest absolute Gasteiger partial charge is 0.273 e. The third-order valence-electron chi connectivity index (χ3n) is 4.46. The quantitative estimate of drug-likeness (QED) is 0.793. The summed E-state index contributed by atoms with van der Waals surface area (Å²) in [5, 5.41) is 1.90. The van der Waals surface area contributed by atoms with Gasteiger partial charge in [0.2, 0.25) is 0 Å². The molecule has 0 spiro atoms. The van der Waals surface area contributed by atoms with Crippen LogP contribution in [0.1, 0.15) is 40.1 Å². The molecule has 1 aromatic carbocycles. The van der Waals surface area contributed by atoms with Crippen LogP contribution in [-0.4, -0.2) is 29.6 Å². The first-order valence-electron chi connectivity index (χ1n) is 6.95. The van der Waals surface area contributed by atoms with Crippen molar-refractivity contribution in [3.63, 3.8) is 0 Å². The molecule has 2 aliphatic rings. The van der Waals surface area contributed by atoms with Gasteiger partial charge in [0.25, 0.3) is 5.91 Å². The summed E-state index contributed by atoms with van der Waals surface area (Å²) in [6, 6.07) is 12.6. The molecule has 0 fully saturated rings. The van der Waals surface area contributed by atoms with E-state index in [4.69, 9.17) is 0 Å². The van der Waals surface area contributed by atoms with E-state index in [2.05, 4.69) is 31.1 Å². The molecule has 2 aliphatic heterocycles. The molecule has 4 nitrogen and oxygen atoms in total. The number of carbonyl (C=O) groups is 1. The molecular weight excluding hydrogens is 250 g/mol. The zero-order valence-corrected chi connectivity index (χ0v) is 11.7. The van der Waals surface area contributed by atoms with E-state index in [1.807, 2.05) is 40.1 Å². The Balaban J connectivity index is 1.90. The first-order chi connectivity index (χ1) is 9.68. The molecule has 0 saturated carbocycles. The van der Waals surface area contributed by atoms with Gasteiger partial charge in [-0.3, -0.25) is 9.47 Å². The molecule has 2 atom stereocenters. The standard InChI is InChI=1S/C16H17N3O/c1-17(2)15-10-14-11-6-3-4-7-12(11)16(20)19(14)18-9-5-8-13(15)18/h3-9,14-15H,10H2,1-2H3/t14-,15-/m1/s1. The number of aromatic nitrogens is 1. The summed E-state index contributed by atoms with van der Waals surface area (Å²) in [6.45, 7) is 0. The van der Waals surface area contributed by atoms with Crippen LogP contribution in [0.15, 0.2) is 42.6 Å². The first kappa shape index (κ1) is 11.7. The van der Waals surface area contributed by atoms with Crippen LogP contribution in [0.5, 0.6) is 0 Å². The summed E-state index contributed by atoms with van der Waals surface area (Å²) in [6.07, 6.45) is 2.93. The van der Waals surface area contributed by atoms with Crippen molar-refractivity contribution < 1.29 is 4.79 Å². The maximum Gasteiger partial charge on any atom is 0.273 e. The van der Waals surface area contributed by atoms with E-state index < -0.39 is 0 Å². The average Bonchev–Trinajstić information content (AvgIpc) is 3.02. The predicted octanol–water partition coefficient (Wildman–Crippen LogP) is 2.33. The Morgan fingerprint density at radius 1 is 1.15 bits per heavy atom. The topological polar surface area (TPSA) is 28.5 Å². The summed E-state index contributed by atoms with van der Waals surface area (Å²) >= 11 is 0. The Hall–Kier alpha value is -2.07. The van der Waals surface area contributed by atoms with Gasteiger partial charge in [-0.05, 0) is 44.3 Å². The van der Waals surface area contributed by atoms with Gasteiger partial charge in [0, 0.05) is 11.8 Å². The lowest BCUT2D eigenvalue weighted by Crippen LogP contribution is -2.45. The maximum atomic E-state index is 12.7. The van der Waals surface area contributed by atoms with Crippen LogP contribution in [0, 0.1) is 0 Å². The number of nitrogens with zero attached hydrogens (tertiary/aromatic N) is 3. The molecule has 0 bridgehead atoms. The summed E-state index contributed by atoms with van der Waals surface area (Å²) in [4.78, 5) is 14.9. The van der Waals surface area contributed by atoms with Crippen LogP contribution in [0.3, 0.4) is 0 Å². The second-order valence-electron chi connectivity index (χ2n) is 5.75. The second-order valence-corrected chi connectivity index (χ2v) is 5.75. The van der Waals surface area contributed by atoms with Crippen molar-refractivity contribution >= 4 is 5.91 Å². The normalized spacial score (nSPS) is 23.8. The number of amides is 1. The van der Waals surface area contributed by atoms with Gasteiger partial charge in [-0.25, -0.2) is 5.01 Å². The molecule has 4 rings (SSSR count). The zero-order valence-electron chi connectivity index (χ0n) is 11.7. The van der Waals surface area contributed by atoms with E-state index in [9.17, 15) is 4.79 Å². The van der Waals surface area contributed by atoms with Gasteiger partial charge >= 0.3 is 0 Å². The maximum absolute atomic E-state index is 12.7. The Labute approximate surface area is 118 Å². The zero-order chi connectivity index (χ0) is 13.9. The monoisotopic (exact) mass is 267 g/mol. The van der Waals surface area contributed by atoms with Crippen LogP contribution < -0.4 is 5.01 Å². The van der Waals surface area contributed by atoms with E-state index in [1.54, 1.807) is 0 Å². The molecule has 102 valence electrons. The Kier molecular flexibility index (Phi) is 2.32. The predicted molar refractivity (Wildman–Crippen MR) is 77.2 cm³/mol. The van der Waals surface area contributed by atoms with Crippen LogP contribution in [0.2, 0.25) is 0 Å². The summed E-state index contributed by atoms with van der Waals surface area (Å²) in [5.41, 5.74) is 3.19. The van der Waals surface area contributed by atoms with Crippen LogP contribution >= 0.6 is 0 Å². The average molecular weight is 267 g/mol. The van der Waals surface area contributed by atoms with E-state index in [1.165, 1.54) is 5.69 Å². The van der Waals surface area contributed by atoms with Gasteiger partial charge in [-0.2, -0.15) is 0 Å². The minimum atomic E-state index is 0.111. The van der Waals surface area contributed by atoms with Crippen molar-refractivity contribution in [2.24, 2.45) is 0 Å².